The van der Waals surface area contributed by atoms with Crippen LogP contribution < -0.4 is 19.5 Å². The molecule has 1 aromatic carbocycles. The van der Waals surface area contributed by atoms with Crippen LogP contribution in [0, 0.1) is 0 Å². The molecule has 13 nitrogen and oxygen atoms in total. The fourth-order valence-electron chi connectivity index (χ4n) is 5.87. The number of fused-ring (bicyclic) bond motifs is 1. The van der Waals surface area contributed by atoms with Crippen LogP contribution in [0.4, 0.5) is 0 Å². The molecule has 1 aliphatic carbocycles. The monoisotopic (exact) mass is 697 g/mol. The maximum Gasteiger partial charge on any atom is 0.326 e. The molecule has 266 valence electrons. The highest BCUT2D eigenvalue weighted by atomic mass is 32.2. The first-order valence-electron chi connectivity index (χ1n) is 16.8. The van der Waals surface area contributed by atoms with Gasteiger partial charge in [0.2, 0.25) is 23.6 Å². The van der Waals surface area contributed by atoms with Crippen LogP contribution >= 0.6 is 11.9 Å². The SMILES string of the molecule is C=CC.COc1ccc2c(OC3CC(C(=O)NC(C)C(=O)NSC4CC4)N(C(=O)CCCC(=O)N4CCCC[C@@H]4C(=O)O)C3)nccc2c1. The largest absolute Gasteiger partial charge is 0.497 e. The van der Waals surface area contributed by atoms with Crippen LogP contribution in [0.5, 0.6) is 11.6 Å². The molecule has 3 aliphatic rings. The number of carboxylic acid groups (broad SMARTS) is 1. The molecule has 49 heavy (non-hydrogen) atoms. The summed E-state index contributed by atoms with van der Waals surface area (Å²) in [4.78, 5) is 71.4. The zero-order valence-electron chi connectivity index (χ0n) is 28.4. The predicted octanol–water partition coefficient (Wildman–Crippen LogP) is 3.85. The number of methoxy groups -OCH3 is 1. The molecule has 3 unspecified atom stereocenters. The lowest BCUT2D eigenvalue weighted by Crippen LogP contribution is -2.51. The molecular weight excluding hydrogens is 650 g/mol. The molecule has 14 heteroatoms. The van der Waals surface area contributed by atoms with E-state index < -0.39 is 36.1 Å². The first kappa shape index (κ1) is 37.5. The van der Waals surface area contributed by atoms with Gasteiger partial charge in [-0.25, -0.2) is 9.78 Å². The molecule has 5 rings (SSSR count). The summed E-state index contributed by atoms with van der Waals surface area (Å²) in [6.07, 6.45) is 7.25. The molecule has 4 amide bonds. The van der Waals surface area contributed by atoms with Crippen LogP contribution in [-0.2, 0) is 24.0 Å². The van der Waals surface area contributed by atoms with Crippen molar-refractivity contribution in [2.24, 2.45) is 0 Å². The third-order valence-electron chi connectivity index (χ3n) is 8.59. The minimum atomic E-state index is -1.02. The molecular formula is C35H47N5O8S. The second-order valence-corrected chi connectivity index (χ2v) is 13.6. The molecule has 3 heterocycles. The molecule has 0 radical (unpaired) electrons. The van der Waals surface area contributed by atoms with Crippen molar-refractivity contribution in [3.05, 3.63) is 43.1 Å². The number of carbonyl (C=O) groups excluding carboxylic acids is 4. The average Bonchev–Trinajstić information content (AvgIpc) is 3.83. The van der Waals surface area contributed by atoms with E-state index in [9.17, 15) is 29.1 Å². The number of carboxylic acids is 1. The number of allylic oxidation sites excluding steroid dienone is 1. The Kier molecular flexibility index (Phi) is 13.7. The lowest BCUT2D eigenvalue weighted by atomic mass is 10.0. The van der Waals surface area contributed by atoms with Gasteiger partial charge in [0.1, 0.15) is 30.0 Å². The van der Waals surface area contributed by atoms with E-state index in [2.05, 4.69) is 21.6 Å². The Morgan fingerprint density at radius 2 is 1.80 bits per heavy atom. The summed E-state index contributed by atoms with van der Waals surface area (Å²) < 4.78 is 14.4. The highest BCUT2D eigenvalue weighted by Crippen LogP contribution is 2.32. The van der Waals surface area contributed by atoms with E-state index in [0.29, 0.717) is 29.8 Å². The van der Waals surface area contributed by atoms with Crippen LogP contribution in [0.2, 0.25) is 0 Å². The topological polar surface area (TPSA) is 167 Å². The molecule has 0 bridgehead atoms. The normalized spacial score (nSPS) is 20.8. The molecule has 1 saturated carbocycles. The summed E-state index contributed by atoms with van der Waals surface area (Å²) in [5.41, 5.74) is 0. The Labute approximate surface area is 291 Å². The van der Waals surface area contributed by atoms with Crippen molar-refractivity contribution in [1.29, 1.82) is 0 Å². The number of ether oxygens (including phenoxy) is 2. The average molecular weight is 698 g/mol. The fourth-order valence-corrected chi connectivity index (χ4v) is 6.70. The van der Waals surface area contributed by atoms with E-state index in [1.165, 1.54) is 21.7 Å². The van der Waals surface area contributed by atoms with E-state index in [0.717, 1.165) is 36.5 Å². The van der Waals surface area contributed by atoms with E-state index >= 15 is 0 Å². The van der Waals surface area contributed by atoms with Crippen molar-refractivity contribution < 1.29 is 38.6 Å². The highest BCUT2D eigenvalue weighted by molar-refractivity contribution is 7.98. The number of benzene rings is 1. The summed E-state index contributed by atoms with van der Waals surface area (Å²) >= 11 is 1.36. The molecule has 3 N–H and O–H groups in total. The van der Waals surface area contributed by atoms with Crippen LogP contribution in [0.1, 0.15) is 71.6 Å². The Balaban J connectivity index is 0.00000174. The number of carbonyl (C=O) groups is 5. The second-order valence-electron chi connectivity index (χ2n) is 12.5. The first-order chi connectivity index (χ1) is 23.6. The van der Waals surface area contributed by atoms with Crippen LogP contribution in [-0.4, -0.2) is 99.2 Å². The molecule has 2 aromatic rings. The van der Waals surface area contributed by atoms with Crippen molar-refractivity contribution in [3.63, 3.8) is 0 Å². The summed E-state index contributed by atoms with van der Waals surface area (Å²) in [5.74, 6) is -1.38. The van der Waals surface area contributed by atoms with E-state index in [4.69, 9.17) is 9.47 Å². The van der Waals surface area contributed by atoms with Gasteiger partial charge in [0.05, 0.1) is 13.7 Å². The number of hydrogen-bond acceptors (Lipinski definition) is 9. The quantitative estimate of drug-likeness (QED) is 0.207. The second kappa shape index (κ2) is 17.9. The molecule has 3 fully saturated rings. The van der Waals surface area contributed by atoms with Gasteiger partial charge in [-0.1, -0.05) is 6.08 Å². The molecule has 0 spiro atoms. The third kappa shape index (κ3) is 10.3. The zero-order valence-corrected chi connectivity index (χ0v) is 29.2. The van der Waals surface area contributed by atoms with Crippen molar-refractivity contribution in [2.75, 3.05) is 20.2 Å². The number of aliphatic carboxylic acids is 1. The number of likely N-dealkylation sites (tertiary alicyclic amines) is 2. The Morgan fingerprint density at radius 3 is 2.47 bits per heavy atom. The van der Waals surface area contributed by atoms with Gasteiger partial charge in [-0.2, -0.15) is 0 Å². The van der Waals surface area contributed by atoms with Crippen LogP contribution in [0.25, 0.3) is 10.8 Å². The lowest BCUT2D eigenvalue weighted by Gasteiger charge is -2.33. The number of nitrogens with zero attached hydrogens (tertiary/aromatic N) is 3. The third-order valence-corrected chi connectivity index (χ3v) is 9.71. The van der Waals surface area contributed by atoms with E-state index in [1.807, 2.05) is 25.1 Å². The molecule has 1 aromatic heterocycles. The molecule has 2 aliphatic heterocycles. The summed E-state index contributed by atoms with van der Waals surface area (Å²) in [7, 11) is 1.59. The summed E-state index contributed by atoms with van der Waals surface area (Å²) in [6, 6.07) is 4.79. The molecule has 4 atom stereocenters. The Bertz CT molecular complexity index is 1520. The molecule has 2 saturated heterocycles. The van der Waals surface area contributed by atoms with E-state index in [1.54, 1.807) is 32.4 Å². The zero-order chi connectivity index (χ0) is 35.5. The van der Waals surface area contributed by atoms with Crippen LogP contribution in [0.15, 0.2) is 43.1 Å². The number of piperidine rings is 1. The van der Waals surface area contributed by atoms with Gasteiger partial charge in [0, 0.05) is 42.6 Å². The standard InChI is InChI=1S/C32H41N5O8S.C3H6/c1-19(29(40)35-46-23-10-11-23)34-30(41)26-17-22(45-31-24-12-9-21(44-2)16-20(24)13-14-33-31)18-37(26)28(39)8-5-7-27(38)36-15-4-3-6-25(36)32(42)43;1-3-2/h9,12-14,16,19,22-23,25-26H,3-8,10-11,15,17-18H2,1-2H3,(H,34,41)(H,35,40)(H,42,43);3H,1H2,2H3/t19?,22?,25-,26?;/m1./s1. The first-order valence-corrected chi connectivity index (χ1v) is 17.7. The van der Waals surface area contributed by atoms with Crippen molar-refractivity contribution in [2.45, 2.75) is 101 Å². The highest BCUT2D eigenvalue weighted by Gasteiger charge is 2.42. The number of nitrogens with one attached hydrogen (secondary N) is 2. The van der Waals surface area contributed by atoms with Gasteiger partial charge in [0.15, 0.2) is 0 Å². The Hall–Kier alpha value is -4.33. The van der Waals surface area contributed by atoms with Crippen LogP contribution in [0.3, 0.4) is 0 Å². The van der Waals surface area contributed by atoms with Gasteiger partial charge >= 0.3 is 5.97 Å². The van der Waals surface area contributed by atoms with Crippen molar-refractivity contribution >= 4 is 52.3 Å². The summed E-state index contributed by atoms with van der Waals surface area (Å²) in [5, 5.41) is 14.3. The smallest absolute Gasteiger partial charge is 0.326 e. The van der Waals surface area contributed by atoms with E-state index in [-0.39, 0.29) is 49.9 Å². The minimum Gasteiger partial charge on any atom is -0.497 e. The predicted molar refractivity (Wildman–Crippen MR) is 186 cm³/mol. The van der Waals surface area contributed by atoms with Gasteiger partial charge in [0.25, 0.3) is 5.91 Å². The van der Waals surface area contributed by atoms with Gasteiger partial charge in [-0.05, 0) is 94.0 Å². The van der Waals surface area contributed by atoms with Gasteiger partial charge in [-0.3, -0.25) is 23.9 Å². The lowest BCUT2D eigenvalue weighted by molar-refractivity contribution is -0.152. The van der Waals surface area contributed by atoms with Crippen molar-refractivity contribution in [1.82, 2.24) is 24.8 Å². The van der Waals surface area contributed by atoms with Gasteiger partial charge < -0.3 is 29.7 Å². The maximum atomic E-state index is 13.5. The number of aromatic nitrogens is 1. The van der Waals surface area contributed by atoms with Gasteiger partial charge in [-0.15, -0.1) is 6.58 Å². The number of pyridine rings is 1. The van der Waals surface area contributed by atoms with Crippen molar-refractivity contribution in [3.8, 4) is 11.6 Å². The fraction of sp³-hybridized carbons (Fsp3) is 0.543. The number of rotatable bonds is 13. The minimum absolute atomic E-state index is 0.00576. The summed E-state index contributed by atoms with van der Waals surface area (Å²) in [6.45, 7) is 7.35. The Morgan fingerprint density at radius 1 is 1.08 bits per heavy atom. The number of amides is 4. The maximum absolute atomic E-state index is 13.5. The number of hydrogen-bond donors (Lipinski definition) is 3.